The number of carbonyl (C=O) groups is 2. The maximum absolute atomic E-state index is 12.7. The molecule has 5 atom stereocenters. The summed E-state index contributed by atoms with van der Waals surface area (Å²) in [6, 6.07) is 8.74. The van der Waals surface area contributed by atoms with Gasteiger partial charge >= 0.3 is 0 Å². The number of carbonyl (C=O) groups excluding carboxylic acids is 2. The lowest BCUT2D eigenvalue weighted by molar-refractivity contribution is -0.130. The van der Waals surface area contributed by atoms with Crippen LogP contribution in [0.4, 0.5) is 5.69 Å². The summed E-state index contributed by atoms with van der Waals surface area (Å²) in [5.74, 6) is 1.48. The van der Waals surface area contributed by atoms with Crippen LogP contribution in [0.1, 0.15) is 63.4 Å². The number of ketones is 2. The first kappa shape index (κ1) is 20.7. The molecule has 0 radical (unpaired) electrons. The standard InChI is InChI=1S/C27H33NO3/c1-27-14-22(16-3-6-18(28-2)7-4-16)26-20-10-8-19(30)13-17(20)5-9-21(26)23(27)11-12-24(27)25(31)15-29/h3-4,6-7,13,21-24,28-29H,5,8-12,14-15H2,1-2H3/t21?,22-,23?,24?,27+/m1/s1. The zero-order valence-corrected chi connectivity index (χ0v) is 18.6. The number of aliphatic hydroxyl groups excluding tert-OH is 1. The highest BCUT2D eigenvalue weighted by atomic mass is 16.3. The Morgan fingerprint density at radius 2 is 1.90 bits per heavy atom. The number of Topliss-reactive ketones (excluding diaryl/α,β-unsaturated/α-hetero) is 1. The molecule has 0 bridgehead atoms. The Morgan fingerprint density at radius 3 is 2.61 bits per heavy atom. The number of hydrogen-bond donors (Lipinski definition) is 2. The van der Waals surface area contributed by atoms with Crippen LogP contribution in [0.2, 0.25) is 0 Å². The van der Waals surface area contributed by atoms with Crippen LogP contribution < -0.4 is 5.32 Å². The van der Waals surface area contributed by atoms with E-state index < -0.39 is 0 Å². The molecular weight excluding hydrogens is 386 g/mol. The molecule has 1 aromatic rings. The van der Waals surface area contributed by atoms with Crippen molar-refractivity contribution >= 4 is 17.3 Å². The van der Waals surface area contributed by atoms with Gasteiger partial charge in [-0.3, -0.25) is 9.59 Å². The van der Waals surface area contributed by atoms with Crippen molar-refractivity contribution in [1.29, 1.82) is 0 Å². The fraction of sp³-hybridized carbons (Fsp3) is 0.556. The maximum Gasteiger partial charge on any atom is 0.161 e. The highest BCUT2D eigenvalue weighted by molar-refractivity contribution is 5.93. The molecular formula is C27H33NO3. The van der Waals surface area contributed by atoms with Crippen molar-refractivity contribution in [2.75, 3.05) is 19.0 Å². The van der Waals surface area contributed by atoms with Gasteiger partial charge in [0.2, 0.25) is 0 Å². The SMILES string of the molecule is CNc1ccc([C@H]2C[C@]3(C)C(C(=O)CO)CCC3C3CCC4=CC(=O)CCC4=C32)cc1. The lowest BCUT2D eigenvalue weighted by Gasteiger charge is -2.52. The molecule has 0 aromatic heterocycles. The number of nitrogens with one attached hydrogen (secondary N) is 1. The molecule has 2 saturated carbocycles. The second kappa shape index (κ2) is 7.74. The summed E-state index contributed by atoms with van der Waals surface area (Å²) in [6.07, 6.45) is 8.35. The van der Waals surface area contributed by atoms with E-state index in [-0.39, 0.29) is 35.4 Å². The molecule has 4 aliphatic carbocycles. The number of anilines is 1. The van der Waals surface area contributed by atoms with Gasteiger partial charge in [0.05, 0.1) is 0 Å². The molecule has 31 heavy (non-hydrogen) atoms. The first-order chi connectivity index (χ1) is 15.0. The number of benzene rings is 1. The quantitative estimate of drug-likeness (QED) is 0.735. The topological polar surface area (TPSA) is 66.4 Å². The summed E-state index contributed by atoms with van der Waals surface area (Å²) in [4.78, 5) is 24.8. The van der Waals surface area contributed by atoms with Crippen LogP contribution in [0, 0.1) is 23.2 Å². The Labute approximate surface area is 184 Å². The fourth-order valence-corrected chi connectivity index (χ4v) is 7.48. The van der Waals surface area contributed by atoms with Crippen molar-refractivity contribution in [2.24, 2.45) is 23.2 Å². The minimum Gasteiger partial charge on any atom is -0.389 e. The van der Waals surface area contributed by atoms with Gasteiger partial charge in [-0.05, 0) is 90.7 Å². The third-order valence-corrected chi connectivity index (χ3v) is 8.88. The number of aliphatic hydroxyl groups is 1. The highest BCUT2D eigenvalue weighted by Crippen LogP contribution is 2.65. The molecule has 4 aliphatic rings. The zero-order valence-electron chi connectivity index (χ0n) is 18.6. The van der Waals surface area contributed by atoms with Crippen LogP contribution in [0.15, 0.2) is 47.1 Å². The van der Waals surface area contributed by atoms with Gasteiger partial charge < -0.3 is 10.4 Å². The van der Waals surface area contributed by atoms with E-state index in [2.05, 4.69) is 36.5 Å². The fourth-order valence-electron chi connectivity index (χ4n) is 7.48. The minimum atomic E-state index is -0.345. The molecule has 3 unspecified atom stereocenters. The van der Waals surface area contributed by atoms with Crippen molar-refractivity contribution in [2.45, 2.75) is 57.8 Å². The summed E-state index contributed by atoms with van der Waals surface area (Å²) in [5.41, 5.74) is 6.60. The largest absolute Gasteiger partial charge is 0.389 e. The van der Waals surface area contributed by atoms with Gasteiger partial charge in [-0.25, -0.2) is 0 Å². The molecule has 4 nitrogen and oxygen atoms in total. The van der Waals surface area contributed by atoms with Crippen molar-refractivity contribution in [1.82, 2.24) is 0 Å². The van der Waals surface area contributed by atoms with E-state index in [1.807, 2.05) is 13.1 Å². The first-order valence-electron chi connectivity index (χ1n) is 11.8. The highest BCUT2D eigenvalue weighted by Gasteiger charge is 2.57. The maximum atomic E-state index is 12.7. The predicted molar refractivity (Wildman–Crippen MR) is 122 cm³/mol. The van der Waals surface area contributed by atoms with Gasteiger partial charge in [0.1, 0.15) is 6.61 Å². The Kier molecular flexibility index (Phi) is 5.16. The smallest absolute Gasteiger partial charge is 0.161 e. The van der Waals surface area contributed by atoms with Crippen LogP contribution in [-0.2, 0) is 9.59 Å². The Hall–Kier alpha value is -2.20. The van der Waals surface area contributed by atoms with Gasteiger partial charge in [0, 0.05) is 31.0 Å². The number of fused-ring (bicyclic) bond motifs is 4. The third-order valence-electron chi connectivity index (χ3n) is 8.88. The molecule has 4 heteroatoms. The summed E-state index contributed by atoms with van der Waals surface area (Å²) in [7, 11) is 1.93. The number of rotatable bonds is 4. The third kappa shape index (κ3) is 3.22. The normalized spacial score (nSPS) is 34.5. The van der Waals surface area contributed by atoms with Gasteiger partial charge in [0.25, 0.3) is 0 Å². The lowest BCUT2D eigenvalue weighted by Crippen LogP contribution is -2.45. The lowest BCUT2D eigenvalue weighted by atomic mass is 9.51. The average Bonchev–Trinajstić information content (AvgIpc) is 3.14. The van der Waals surface area contributed by atoms with E-state index in [0.717, 1.165) is 44.2 Å². The first-order valence-corrected chi connectivity index (χ1v) is 11.8. The van der Waals surface area contributed by atoms with Crippen molar-refractivity contribution in [3.05, 3.63) is 52.6 Å². The molecule has 5 rings (SSSR count). The van der Waals surface area contributed by atoms with Crippen LogP contribution in [0.25, 0.3) is 0 Å². The second-order valence-electron chi connectivity index (χ2n) is 10.2. The van der Waals surface area contributed by atoms with Gasteiger partial charge in [-0.1, -0.05) is 24.6 Å². The summed E-state index contributed by atoms with van der Waals surface area (Å²) in [5, 5.41) is 12.9. The number of allylic oxidation sites excluding steroid dienone is 4. The van der Waals surface area contributed by atoms with Gasteiger partial charge in [-0.2, -0.15) is 0 Å². The molecule has 0 aliphatic heterocycles. The number of hydrogen-bond acceptors (Lipinski definition) is 4. The van der Waals surface area contributed by atoms with Crippen LogP contribution in [-0.4, -0.2) is 30.3 Å². The molecule has 0 heterocycles. The van der Waals surface area contributed by atoms with Crippen LogP contribution in [0.3, 0.4) is 0 Å². The zero-order chi connectivity index (χ0) is 21.8. The molecule has 2 N–H and O–H groups in total. The second-order valence-corrected chi connectivity index (χ2v) is 10.2. The van der Waals surface area contributed by atoms with E-state index in [4.69, 9.17) is 0 Å². The molecule has 0 saturated heterocycles. The predicted octanol–water partition coefficient (Wildman–Crippen LogP) is 4.81. The van der Waals surface area contributed by atoms with Crippen molar-refractivity contribution in [3.8, 4) is 0 Å². The van der Waals surface area contributed by atoms with E-state index in [9.17, 15) is 14.7 Å². The van der Waals surface area contributed by atoms with Crippen molar-refractivity contribution < 1.29 is 14.7 Å². The molecule has 164 valence electrons. The molecule has 0 spiro atoms. The Morgan fingerprint density at radius 1 is 1.13 bits per heavy atom. The summed E-state index contributed by atoms with van der Waals surface area (Å²) < 4.78 is 0. The van der Waals surface area contributed by atoms with Crippen LogP contribution in [0.5, 0.6) is 0 Å². The summed E-state index contributed by atoms with van der Waals surface area (Å²) >= 11 is 0. The van der Waals surface area contributed by atoms with E-state index >= 15 is 0 Å². The van der Waals surface area contributed by atoms with E-state index in [1.54, 1.807) is 5.57 Å². The summed E-state index contributed by atoms with van der Waals surface area (Å²) in [6.45, 7) is 1.97. The Balaban J connectivity index is 1.64. The monoisotopic (exact) mass is 419 g/mol. The minimum absolute atomic E-state index is 0.0186. The molecule has 0 amide bonds. The van der Waals surface area contributed by atoms with E-state index in [1.165, 1.54) is 16.7 Å². The van der Waals surface area contributed by atoms with E-state index in [0.29, 0.717) is 18.3 Å². The molecule has 1 aromatic carbocycles. The van der Waals surface area contributed by atoms with Crippen LogP contribution >= 0.6 is 0 Å². The Bertz CT molecular complexity index is 973. The molecule has 2 fully saturated rings. The van der Waals surface area contributed by atoms with Crippen molar-refractivity contribution in [3.63, 3.8) is 0 Å². The van der Waals surface area contributed by atoms with Gasteiger partial charge in [-0.15, -0.1) is 0 Å². The average molecular weight is 420 g/mol. The van der Waals surface area contributed by atoms with Gasteiger partial charge in [0.15, 0.2) is 11.6 Å².